The van der Waals surface area contributed by atoms with Gasteiger partial charge in [0.05, 0.1) is 37.4 Å². The maximum atomic E-state index is 5.81. The van der Waals surface area contributed by atoms with E-state index in [-0.39, 0.29) is 6.04 Å². The van der Waals surface area contributed by atoms with Crippen LogP contribution in [0.1, 0.15) is 40.9 Å². The van der Waals surface area contributed by atoms with Crippen LogP contribution in [0, 0.1) is 13.8 Å². The minimum atomic E-state index is 0.213. The summed E-state index contributed by atoms with van der Waals surface area (Å²) in [4.78, 5) is 17.2. The summed E-state index contributed by atoms with van der Waals surface area (Å²) in [7, 11) is 0. The maximum absolute atomic E-state index is 5.81. The number of morpholine rings is 1. The van der Waals surface area contributed by atoms with E-state index in [1.165, 1.54) is 23.3 Å². The van der Waals surface area contributed by atoms with Crippen LogP contribution in [0.3, 0.4) is 0 Å². The highest BCUT2D eigenvalue weighted by Gasteiger charge is 2.26. The van der Waals surface area contributed by atoms with Crippen molar-refractivity contribution in [3.63, 3.8) is 0 Å². The minimum Gasteiger partial charge on any atom is -0.468 e. The highest BCUT2D eigenvalue weighted by Crippen LogP contribution is 2.34. The molecule has 2 aliphatic heterocycles. The number of rotatable bonds is 7. The number of fused-ring (bicyclic) bond motifs is 1. The van der Waals surface area contributed by atoms with Gasteiger partial charge in [0.25, 0.3) is 0 Å². The topological polar surface area (TPSA) is 66.7 Å². The van der Waals surface area contributed by atoms with E-state index in [0.717, 1.165) is 80.1 Å². The molecule has 0 spiro atoms. The fourth-order valence-electron chi connectivity index (χ4n) is 4.59. The molecule has 0 unspecified atom stereocenters. The average Bonchev–Trinajstić information content (AvgIpc) is 3.53. The second-order valence-corrected chi connectivity index (χ2v) is 9.70. The van der Waals surface area contributed by atoms with E-state index in [1.54, 1.807) is 17.6 Å². The zero-order valence-corrected chi connectivity index (χ0v) is 19.2. The van der Waals surface area contributed by atoms with Crippen molar-refractivity contribution >= 4 is 27.4 Å². The Bertz CT molecular complexity index is 1010. The smallest absolute Gasteiger partial charge is 0.146 e. The molecule has 3 aromatic heterocycles. The Morgan fingerprint density at radius 2 is 1.94 bits per heavy atom. The molecule has 0 saturated carbocycles. The lowest BCUT2D eigenvalue weighted by molar-refractivity contribution is 0.0331. The predicted molar refractivity (Wildman–Crippen MR) is 124 cm³/mol. The van der Waals surface area contributed by atoms with E-state index in [4.69, 9.17) is 19.1 Å². The van der Waals surface area contributed by atoms with Crippen LogP contribution in [0.15, 0.2) is 22.8 Å². The molecule has 166 valence electrons. The van der Waals surface area contributed by atoms with Crippen LogP contribution in [0.4, 0.5) is 5.82 Å². The zero-order chi connectivity index (χ0) is 21.2. The number of aryl methyl sites for hydroxylation is 2. The molecule has 2 aliphatic rings. The van der Waals surface area contributed by atoms with E-state index in [2.05, 4.69) is 35.0 Å². The van der Waals surface area contributed by atoms with Gasteiger partial charge in [0.2, 0.25) is 0 Å². The number of furan rings is 1. The molecular formula is C23H31N5O2S. The second-order valence-electron chi connectivity index (χ2n) is 8.50. The average molecular weight is 442 g/mol. The number of likely N-dealkylation sites (tertiary alicyclic amines) is 1. The normalized spacial score (nSPS) is 19.3. The first-order valence-electron chi connectivity index (χ1n) is 11.3. The number of aromatic nitrogens is 2. The largest absolute Gasteiger partial charge is 0.468 e. The van der Waals surface area contributed by atoms with Crippen molar-refractivity contribution < 1.29 is 9.15 Å². The van der Waals surface area contributed by atoms with Gasteiger partial charge in [0, 0.05) is 24.5 Å². The summed E-state index contributed by atoms with van der Waals surface area (Å²) >= 11 is 1.76. The molecule has 3 aromatic rings. The van der Waals surface area contributed by atoms with Crippen LogP contribution in [-0.4, -0.2) is 65.7 Å². The minimum absolute atomic E-state index is 0.213. The Hall–Kier alpha value is -2.00. The van der Waals surface area contributed by atoms with E-state index in [0.29, 0.717) is 0 Å². The lowest BCUT2D eigenvalue weighted by atomic mass is 10.1. The third-order valence-electron chi connectivity index (χ3n) is 6.46. The molecule has 0 radical (unpaired) electrons. The van der Waals surface area contributed by atoms with Gasteiger partial charge >= 0.3 is 0 Å². The Morgan fingerprint density at radius 1 is 1.13 bits per heavy atom. The predicted octanol–water partition coefficient (Wildman–Crippen LogP) is 3.98. The number of nitrogens with zero attached hydrogens (tertiary/aromatic N) is 4. The number of anilines is 1. The highest BCUT2D eigenvalue weighted by molar-refractivity contribution is 7.18. The lowest BCUT2D eigenvalue weighted by Gasteiger charge is -2.27. The van der Waals surface area contributed by atoms with Gasteiger partial charge in [0.15, 0.2) is 0 Å². The summed E-state index contributed by atoms with van der Waals surface area (Å²) in [6.07, 6.45) is 4.27. The Kier molecular flexibility index (Phi) is 6.22. The first-order valence-corrected chi connectivity index (χ1v) is 12.1. The molecule has 0 aliphatic carbocycles. The maximum Gasteiger partial charge on any atom is 0.146 e. The standard InChI is InChI=1S/C23H31N5O2S/c1-16-17(2)31-23-21(16)22(25-20(26-23)15-27-9-12-29-13-10-27)24-14-18(19-6-5-11-30-19)28-7-3-4-8-28/h5-6,11,18H,3-4,7-10,12-15H2,1-2H3,(H,24,25,26)/t18-/m1/s1. The van der Waals surface area contributed by atoms with Crippen molar-refractivity contribution in [3.8, 4) is 0 Å². The summed E-state index contributed by atoms with van der Waals surface area (Å²) in [5, 5.41) is 4.86. The molecule has 1 atom stereocenters. The first kappa shape index (κ1) is 20.9. The highest BCUT2D eigenvalue weighted by atomic mass is 32.1. The third-order valence-corrected chi connectivity index (χ3v) is 7.56. The monoisotopic (exact) mass is 441 g/mol. The fourth-order valence-corrected chi connectivity index (χ4v) is 5.64. The first-order chi connectivity index (χ1) is 15.2. The van der Waals surface area contributed by atoms with Crippen LogP contribution in [-0.2, 0) is 11.3 Å². The van der Waals surface area contributed by atoms with E-state index in [1.807, 2.05) is 6.07 Å². The van der Waals surface area contributed by atoms with Crippen molar-refractivity contribution in [3.05, 3.63) is 40.4 Å². The molecule has 1 N–H and O–H groups in total. The van der Waals surface area contributed by atoms with Gasteiger partial charge in [-0.3, -0.25) is 9.80 Å². The Labute approximate surface area is 187 Å². The molecule has 0 bridgehead atoms. The summed E-state index contributed by atoms with van der Waals surface area (Å²) in [6.45, 7) is 11.5. The van der Waals surface area contributed by atoms with Gasteiger partial charge in [-0.2, -0.15) is 0 Å². The van der Waals surface area contributed by atoms with Crippen molar-refractivity contribution in [2.24, 2.45) is 0 Å². The van der Waals surface area contributed by atoms with Crippen molar-refractivity contribution in [2.75, 3.05) is 51.3 Å². The summed E-state index contributed by atoms with van der Waals surface area (Å²) in [6, 6.07) is 4.28. The van der Waals surface area contributed by atoms with E-state index < -0.39 is 0 Å². The number of hydrogen-bond donors (Lipinski definition) is 1. The van der Waals surface area contributed by atoms with Gasteiger partial charge in [-0.25, -0.2) is 9.97 Å². The van der Waals surface area contributed by atoms with Crippen molar-refractivity contribution in [1.29, 1.82) is 0 Å². The van der Waals surface area contributed by atoms with Crippen LogP contribution < -0.4 is 5.32 Å². The third kappa shape index (κ3) is 4.48. The SMILES string of the molecule is Cc1sc2nc(CN3CCOCC3)nc(NC[C@H](c3ccco3)N3CCCC3)c2c1C. The molecule has 2 fully saturated rings. The number of thiophene rings is 1. The fraction of sp³-hybridized carbons (Fsp3) is 0.565. The lowest BCUT2D eigenvalue weighted by Crippen LogP contribution is -2.36. The quantitative estimate of drug-likeness (QED) is 0.595. The van der Waals surface area contributed by atoms with Gasteiger partial charge < -0.3 is 14.5 Å². The Morgan fingerprint density at radius 3 is 2.68 bits per heavy atom. The van der Waals surface area contributed by atoms with Crippen molar-refractivity contribution in [2.45, 2.75) is 39.3 Å². The van der Waals surface area contributed by atoms with Crippen LogP contribution in [0.5, 0.6) is 0 Å². The zero-order valence-electron chi connectivity index (χ0n) is 18.4. The number of nitrogens with one attached hydrogen (secondary N) is 1. The van der Waals surface area contributed by atoms with Gasteiger partial charge in [0.1, 0.15) is 22.2 Å². The molecule has 8 heteroatoms. The van der Waals surface area contributed by atoms with Crippen LogP contribution in [0.2, 0.25) is 0 Å². The summed E-state index contributed by atoms with van der Waals surface area (Å²) < 4.78 is 11.3. The molecule has 2 saturated heterocycles. The molecule has 5 heterocycles. The van der Waals surface area contributed by atoms with Crippen LogP contribution in [0.25, 0.3) is 10.2 Å². The van der Waals surface area contributed by atoms with Crippen molar-refractivity contribution in [1.82, 2.24) is 19.8 Å². The van der Waals surface area contributed by atoms with Gasteiger partial charge in [-0.1, -0.05) is 0 Å². The molecule has 7 nitrogen and oxygen atoms in total. The molecule has 0 amide bonds. The molecule has 0 aromatic carbocycles. The van der Waals surface area contributed by atoms with Crippen LogP contribution >= 0.6 is 11.3 Å². The van der Waals surface area contributed by atoms with E-state index in [9.17, 15) is 0 Å². The number of ether oxygens (including phenoxy) is 1. The molecular weight excluding hydrogens is 410 g/mol. The molecule has 31 heavy (non-hydrogen) atoms. The molecule has 5 rings (SSSR count). The summed E-state index contributed by atoms with van der Waals surface area (Å²) in [5.41, 5.74) is 1.27. The van der Waals surface area contributed by atoms with Gasteiger partial charge in [-0.15, -0.1) is 11.3 Å². The summed E-state index contributed by atoms with van der Waals surface area (Å²) in [5.74, 6) is 2.85. The van der Waals surface area contributed by atoms with Gasteiger partial charge in [-0.05, 0) is 57.5 Å². The Balaban J connectivity index is 1.42. The van der Waals surface area contributed by atoms with E-state index >= 15 is 0 Å². The number of hydrogen-bond acceptors (Lipinski definition) is 8. The second kappa shape index (κ2) is 9.24.